The Bertz CT molecular complexity index is 820. The molecule has 2 amide bonds. The molecule has 0 radical (unpaired) electrons. The molecule has 0 N–H and O–H groups in total. The summed E-state index contributed by atoms with van der Waals surface area (Å²) >= 11 is 0. The van der Waals surface area contributed by atoms with Crippen molar-refractivity contribution < 1.29 is 19.1 Å². The molecular weight excluding hydrogens is 344 g/mol. The van der Waals surface area contributed by atoms with Gasteiger partial charge in [-0.25, -0.2) is 0 Å². The summed E-state index contributed by atoms with van der Waals surface area (Å²) in [6, 6.07) is 12.7. The maximum absolute atomic E-state index is 12.8. The first-order chi connectivity index (χ1) is 13.0. The number of hydrogen-bond donors (Lipinski definition) is 0. The highest BCUT2D eigenvalue weighted by Gasteiger charge is 2.26. The van der Waals surface area contributed by atoms with Gasteiger partial charge in [0.05, 0.1) is 14.2 Å². The van der Waals surface area contributed by atoms with Crippen molar-refractivity contribution in [2.75, 3.05) is 40.4 Å². The molecule has 0 spiro atoms. The van der Waals surface area contributed by atoms with E-state index in [2.05, 4.69) is 0 Å². The quantitative estimate of drug-likeness (QED) is 0.832. The van der Waals surface area contributed by atoms with Crippen molar-refractivity contribution in [2.24, 2.45) is 0 Å². The lowest BCUT2D eigenvalue weighted by molar-refractivity contribution is 0.0535. The Hall–Kier alpha value is -3.02. The monoisotopic (exact) mass is 368 g/mol. The molecule has 2 aromatic carbocycles. The SMILES string of the molecule is COc1cc(OC)cc(C(=O)N2CCN(C(=O)c3cccc(C)c3)CC2)c1. The van der Waals surface area contributed by atoms with Crippen LogP contribution < -0.4 is 9.47 Å². The Morgan fingerprint density at radius 2 is 1.30 bits per heavy atom. The lowest BCUT2D eigenvalue weighted by Crippen LogP contribution is -2.50. The summed E-state index contributed by atoms with van der Waals surface area (Å²) in [7, 11) is 3.11. The van der Waals surface area contributed by atoms with Gasteiger partial charge in [-0.05, 0) is 31.2 Å². The van der Waals surface area contributed by atoms with Crippen molar-refractivity contribution in [1.29, 1.82) is 0 Å². The Morgan fingerprint density at radius 3 is 1.78 bits per heavy atom. The predicted molar refractivity (Wildman–Crippen MR) is 103 cm³/mol. The maximum atomic E-state index is 12.8. The molecule has 0 atom stereocenters. The number of benzene rings is 2. The van der Waals surface area contributed by atoms with Crippen LogP contribution in [0, 0.1) is 6.92 Å². The van der Waals surface area contributed by atoms with E-state index in [-0.39, 0.29) is 11.8 Å². The third-order valence-corrected chi connectivity index (χ3v) is 4.72. The molecule has 1 saturated heterocycles. The molecule has 27 heavy (non-hydrogen) atoms. The van der Waals surface area contributed by atoms with Gasteiger partial charge in [-0.3, -0.25) is 9.59 Å². The molecule has 142 valence electrons. The molecule has 0 unspecified atom stereocenters. The molecule has 3 rings (SSSR count). The summed E-state index contributed by atoms with van der Waals surface area (Å²) in [4.78, 5) is 29.0. The number of methoxy groups -OCH3 is 2. The summed E-state index contributed by atoms with van der Waals surface area (Å²) < 4.78 is 10.5. The fraction of sp³-hybridized carbons (Fsp3) is 0.333. The van der Waals surface area contributed by atoms with E-state index in [4.69, 9.17) is 9.47 Å². The molecule has 1 aliphatic rings. The first-order valence-electron chi connectivity index (χ1n) is 8.90. The van der Waals surface area contributed by atoms with Crippen LogP contribution in [0.15, 0.2) is 42.5 Å². The van der Waals surface area contributed by atoms with Crippen LogP contribution in [0.2, 0.25) is 0 Å². The molecule has 2 aromatic rings. The van der Waals surface area contributed by atoms with Crippen molar-refractivity contribution in [3.63, 3.8) is 0 Å². The summed E-state index contributed by atoms with van der Waals surface area (Å²) in [6.07, 6.45) is 0. The van der Waals surface area contributed by atoms with Crippen LogP contribution in [-0.2, 0) is 0 Å². The highest BCUT2D eigenvalue weighted by atomic mass is 16.5. The van der Waals surface area contributed by atoms with Crippen LogP contribution in [-0.4, -0.2) is 62.0 Å². The number of hydrogen-bond acceptors (Lipinski definition) is 4. The molecule has 0 bridgehead atoms. The first-order valence-corrected chi connectivity index (χ1v) is 8.90. The minimum Gasteiger partial charge on any atom is -0.497 e. The van der Waals surface area contributed by atoms with Gasteiger partial charge in [-0.2, -0.15) is 0 Å². The van der Waals surface area contributed by atoms with E-state index in [0.717, 1.165) is 5.56 Å². The summed E-state index contributed by atoms with van der Waals surface area (Å²) in [5.74, 6) is 1.07. The van der Waals surface area contributed by atoms with E-state index < -0.39 is 0 Å². The highest BCUT2D eigenvalue weighted by Crippen LogP contribution is 2.24. The van der Waals surface area contributed by atoms with Gasteiger partial charge in [-0.15, -0.1) is 0 Å². The minimum absolute atomic E-state index is 0.00819. The van der Waals surface area contributed by atoms with Crippen molar-refractivity contribution in [1.82, 2.24) is 9.80 Å². The van der Waals surface area contributed by atoms with Gasteiger partial charge in [0.1, 0.15) is 11.5 Å². The van der Waals surface area contributed by atoms with Crippen LogP contribution >= 0.6 is 0 Å². The second kappa shape index (κ2) is 8.12. The van der Waals surface area contributed by atoms with Crippen LogP contribution in [0.5, 0.6) is 11.5 Å². The normalized spacial score (nSPS) is 14.0. The average molecular weight is 368 g/mol. The standard InChI is InChI=1S/C21H24N2O4/c1-15-5-4-6-16(11-15)20(24)22-7-9-23(10-8-22)21(25)17-12-18(26-2)14-19(13-17)27-3/h4-6,11-14H,7-10H2,1-3H3. The lowest BCUT2D eigenvalue weighted by Gasteiger charge is -2.35. The Labute approximate surface area is 159 Å². The second-order valence-electron chi connectivity index (χ2n) is 6.56. The fourth-order valence-electron chi connectivity index (χ4n) is 3.19. The van der Waals surface area contributed by atoms with E-state index in [9.17, 15) is 9.59 Å². The first kappa shape index (κ1) is 18.8. The van der Waals surface area contributed by atoms with Crippen molar-refractivity contribution >= 4 is 11.8 Å². The Balaban J connectivity index is 1.67. The molecule has 1 aliphatic heterocycles. The van der Waals surface area contributed by atoms with Gasteiger partial charge in [-0.1, -0.05) is 17.7 Å². The number of ether oxygens (including phenoxy) is 2. The third-order valence-electron chi connectivity index (χ3n) is 4.72. The van der Waals surface area contributed by atoms with Gasteiger partial charge >= 0.3 is 0 Å². The summed E-state index contributed by atoms with van der Waals surface area (Å²) in [5, 5.41) is 0. The molecule has 6 nitrogen and oxygen atoms in total. The zero-order valence-corrected chi connectivity index (χ0v) is 15.9. The number of carbonyl (C=O) groups is 2. The number of aryl methyl sites for hydroxylation is 1. The van der Waals surface area contributed by atoms with Crippen molar-refractivity contribution in [3.05, 3.63) is 59.2 Å². The highest BCUT2D eigenvalue weighted by molar-refractivity contribution is 5.96. The smallest absolute Gasteiger partial charge is 0.254 e. The zero-order valence-electron chi connectivity index (χ0n) is 15.9. The van der Waals surface area contributed by atoms with Gasteiger partial charge in [0.25, 0.3) is 11.8 Å². The second-order valence-corrected chi connectivity index (χ2v) is 6.56. The lowest BCUT2D eigenvalue weighted by atomic mass is 10.1. The van der Waals surface area contributed by atoms with Gasteiger partial charge < -0.3 is 19.3 Å². The van der Waals surface area contributed by atoms with Crippen LogP contribution in [0.4, 0.5) is 0 Å². The number of amides is 2. The number of piperazine rings is 1. The van der Waals surface area contributed by atoms with Crippen molar-refractivity contribution in [3.8, 4) is 11.5 Å². The number of carbonyl (C=O) groups excluding carboxylic acids is 2. The largest absolute Gasteiger partial charge is 0.497 e. The summed E-state index contributed by atoms with van der Waals surface area (Å²) in [6.45, 7) is 3.99. The van der Waals surface area contributed by atoms with Crippen LogP contribution in [0.3, 0.4) is 0 Å². The zero-order chi connectivity index (χ0) is 19.4. The Kier molecular flexibility index (Phi) is 5.64. The predicted octanol–water partition coefficient (Wildman–Crippen LogP) is 2.61. The van der Waals surface area contributed by atoms with E-state index in [1.165, 1.54) is 0 Å². The average Bonchev–Trinajstić information content (AvgIpc) is 2.72. The van der Waals surface area contributed by atoms with Gasteiger partial charge in [0.15, 0.2) is 0 Å². The molecule has 0 saturated carbocycles. The number of rotatable bonds is 4. The van der Waals surface area contributed by atoms with E-state index >= 15 is 0 Å². The van der Waals surface area contributed by atoms with Crippen molar-refractivity contribution in [2.45, 2.75) is 6.92 Å². The van der Waals surface area contributed by atoms with E-state index in [1.54, 1.807) is 42.2 Å². The molecular formula is C21H24N2O4. The van der Waals surface area contributed by atoms with E-state index in [1.807, 2.05) is 31.2 Å². The fourth-order valence-corrected chi connectivity index (χ4v) is 3.19. The minimum atomic E-state index is -0.0881. The number of nitrogens with zero attached hydrogens (tertiary/aromatic N) is 2. The molecule has 6 heteroatoms. The van der Waals surface area contributed by atoms with Gasteiger partial charge in [0, 0.05) is 43.4 Å². The van der Waals surface area contributed by atoms with E-state index in [0.29, 0.717) is 48.8 Å². The topological polar surface area (TPSA) is 59.1 Å². The molecule has 1 fully saturated rings. The Morgan fingerprint density at radius 1 is 0.778 bits per heavy atom. The van der Waals surface area contributed by atoms with Crippen LogP contribution in [0.1, 0.15) is 26.3 Å². The molecule has 0 aromatic heterocycles. The van der Waals surface area contributed by atoms with Crippen LogP contribution in [0.25, 0.3) is 0 Å². The molecule has 0 aliphatic carbocycles. The van der Waals surface area contributed by atoms with Gasteiger partial charge in [0.2, 0.25) is 0 Å². The molecule has 1 heterocycles. The third kappa shape index (κ3) is 4.22. The maximum Gasteiger partial charge on any atom is 0.254 e. The summed E-state index contributed by atoms with van der Waals surface area (Å²) in [5.41, 5.74) is 2.26.